The lowest BCUT2D eigenvalue weighted by Gasteiger charge is -2.43. The molecular weight excluding hydrogens is 266 g/mol. The molecule has 1 saturated carbocycles. The normalized spacial score (nSPS) is 33.1. The average Bonchev–Trinajstić information content (AvgIpc) is 2.74. The molecular formula is C17H15NO3. The zero-order chi connectivity index (χ0) is 14.7. The molecule has 4 heteroatoms. The maximum Gasteiger partial charge on any atom is 0.234 e. The van der Waals surface area contributed by atoms with Crippen molar-refractivity contribution in [3.63, 3.8) is 0 Å². The van der Waals surface area contributed by atoms with Gasteiger partial charge in [-0.3, -0.25) is 19.3 Å². The van der Waals surface area contributed by atoms with Gasteiger partial charge < -0.3 is 0 Å². The fraction of sp³-hybridized carbons (Fsp3) is 0.353. The minimum atomic E-state index is -0.501. The van der Waals surface area contributed by atoms with Gasteiger partial charge in [-0.1, -0.05) is 30.3 Å². The van der Waals surface area contributed by atoms with Gasteiger partial charge in [-0.25, -0.2) is 0 Å². The van der Waals surface area contributed by atoms with Gasteiger partial charge in [0.15, 0.2) is 0 Å². The van der Waals surface area contributed by atoms with E-state index >= 15 is 0 Å². The molecule has 2 amide bonds. The van der Waals surface area contributed by atoms with Crippen molar-refractivity contribution in [2.24, 2.45) is 11.8 Å². The van der Waals surface area contributed by atoms with Crippen LogP contribution in [0.3, 0.4) is 0 Å². The summed E-state index contributed by atoms with van der Waals surface area (Å²) in [5, 5.41) is 0. The molecule has 4 atom stereocenters. The van der Waals surface area contributed by atoms with E-state index in [1.54, 1.807) is 6.08 Å². The van der Waals surface area contributed by atoms with Crippen LogP contribution >= 0.6 is 0 Å². The number of likely N-dealkylation sites (tertiary alicyclic amines) is 1. The van der Waals surface area contributed by atoms with Crippen molar-refractivity contribution in [1.29, 1.82) is 0 Å². The Morgan fingerprint density at radius 1 is 1.10 bits per heavy atom. The van der Waals surface area contributed by atoms with E-state index < -0.39 is 11.8 Å². The number of hydrogen-bond donors (Lipinski definition) is 0. The van der Waals surface area contributed by atoms with E-state index in [1.807, 2.05) is 24.3 Å². The monoisotopic (exact) mass is 281 g/mol. The van der Waals surface area contributed by atoms with Crippen molar-refractivity contribution in [3.05, 3.63) is 48.0 Å². The number of Topliss-reactive ketones (excluding diaryl/α,β-unsaturated/α-hetero) is 1. The molecule has 2 fully saturated rings. The van der Waals surface area contributed by atoms with Gasteiger partial charge in [0.2, 0.25) is 11.8 Å². The zero-order valence-electron chi connectivity index (χ0n) is 11.5. The molecule has 21 heavy (non-hydrogen) atoms. The first-order chi connectivity index (χ1) is 10.1. The van der Waals surface area contributed by atoms with Crippen LogP contribution in [-0.4, -0.2) is 29.0 Å². The van der Waals surface area contributed by atoms with Crippen molar-refractivity contribution in [1.82, 2.24) is 4.90 Å². The lowest BCUT2D eigenvalue weighted by molar-refractivity contribution is -0.139. The van der Waals surface area contributed by atoms with Crippen LogP contribution in [0.1, 0.15) is 29.4 Å². The summed E-state index contributed by atoms with van der Waals surface area (Å²) in [6.45, 7) is 3.84. The highest BCUT2D eigenvalue weighted by Gasteiger charge is 2.62. The molecule has 0 aromatic heterocycles. The molecule has 5 rings (SSSR count). The van der Waals surface area contributed by atoms with Gasteiger partial charge in [-0.2, -0.15) is 0 Å². The van der Waals surface area contributed by atoms with Crippen LogP contribution in [0.2, 0.25) is 0 Å². The third-order valence-electron chi connectivity index (χ3n) is 5.09. The van der Waals surface area contributed by atoms with Crippen LogP contribution in [0.15, 0.2) is 36.9 Å². The minimum absolute atomic E-state index is 0.0987. The Balaban J connectivity index is 1.88. The predicted molar refractivity (Wildman–Crippen MR) is 75.4 cm³/mol. The number of amides is 2. The number of imide groups is 1. The molecule has 0 N–H and O–H groups in total. The van der Waals surface area contributed by atoms with Crippen LogP contribution in [-0.2, 0) is 14.4 Å². The standard InChI is InChI=1S/C17H15NO3/c1-2-7-18-16(20)14-11-8-12(19)13(15(14)17(18)21)10-6-4-3-5-9(10)11/h2-6,11,13-15H,1,7-8H2/t11-,13+,14+,15+/m0/s1. The van der Waals surface area contributed by atoms with E-state index in [-0.39, 0.29) is 36.0 Å². The first-order valence-electron chi connectivity index (χ1n) is 7.22. The van der Waals surface area contributed by atoms with Crippen molar-refractivity contribution >= 4 is 17.6 Å². The van der Waals surface area contributed by atoms with Crippen molar-refractivity contribution in [2.45, 2.75) is 18.3 Å². The second-order valence-corrected chi connectivity index (χ2v) is 6.01. The highest BCUT2D eigenvalue weighted by atomic mass is 16.2. The van der Waals surface area contributed by atoms with Crippen LogP contribution in [0.5, 0.6) is 0 Å². The summed E-state index contributed by atoms with van der Waals surface area (Å²) >= 11 is 0. The number of benzene rings is 1. The topological polar surface area (TPSA) is 54.5 Å². The Morgan fingerprint density at radius 2 is 1.76 bits per heavy atom. The fourth-order valence-corrected chi connectivity index (χ4v) is 4.33. The summed E-state index contributed by atoms with van der Waals surface area (Å²) in [4.78, 5) is 38.8. The molecule has 0 unspecified atom stereocenters. The summed E-state index contributed by atoms with van der Waals surface area (Å²) in [6.07, 6.45) is 1.94. The van der Waals surface area contributed by atoms with Crippen LogP contribution in [0.25, 0.3) is 0 Å². The van der Waals surface area contributed by atoms with E-state index in [1.165, 1.54) is 4.90 Å². The Labute approximate surface area is 122 Å². The smallest absolute Gasteiger partial charge is 0.234 e. The molecule has 1 aliphatic heterocycles. The van der Waals surface area contributed by atoms with E-state index in [2.05, 4.69) is 6.58 Å². The van der Waals surface area contributed by atoms with E-state index in [9.17, 15) is 14.4 Å². The SMILES string of the molecule is C=CCN1C(=O)[C@H]2[C@H](C1=O)[C@H]1C(=O)C[C@H]2c2ccccc21. The van der Waals surface area contributed by atoms with Gasteiger partial charge in [0.1, 0.15) is 5.78 Å². The zero-order valence-corrected chi connectivity index (χ0v) is 11.5. The number of hydrogen-bond acceptors (Lipinski definition) is 3. The molecule has 1 heterocycles. The van der Waals surface area contributed by atoms with Gasteiger partial charge in [0.05, 0.1) is 17.8 Å². The number of fused-ring (bicyclic) bond motifs is 1. The fourth-order valence-electron chi connectivity index (χ4n) is 4.33. The van der Waals surface area contributed by atoms with Gasteiger partial charge in [-0.05, 0) is 11.1 Å². The number of ketones is 1. The van der Waals surface area contributed by atoms with E-state index in [4.69, 9.17) is 0 Å². The maximum atomic E-state index is 12.6. The molecule has 1 aromatic rings. The molecule has 3 aliphatic carbocycles. The number of carbonyl (C=O) groups excluding carboxylic acids is 3. The third kappa shape index (κ3) is 1.42. The lowest BCUT2D eigenvalue weighted by Crippen LogP contribution is -2.44. The number of nitrogens with zero attached hydrogens (tertiary/aromatic N) is 1. The second-order valence-electron chi connectivity index (χ2n) is 6.01. The summed E-state index contributed by atoms with van der Waals surface area (Å²) < 4.78 is 0. The van der Waals surface area contributed by atoms with Crippen molar-refractivity contribution in [2.75, 3.05) is 6.54 Å². The molecule has 1 saturated heterocycles. The third-order valence-corrected chi connectivity index (χ3v) is 5.09. The molecule has 4 aliphatic rings. The van der Waals surface area contributed by atoms with Gasteiger partial charge in [0.25, 0.3) is 0 Å². The summed E-state index contributed by atoms with van der Waals surface area (Å²) in [7, 11) is 0. The van der Waals surface area contributed by atoms with Crippen LogP contribution < -0.4 is 0 Å². The quantitative estimate of drug-likeness (QED) is 0.611. The van der Waals surface area contributed by atoms with Crippen molar-refractivity contribution in [3.8, 4) is 0 Å². The van der Waals surface area contributed by atoms with Gasteiger partial charge >= 0.3 is 0 Å². The number of rotatable bonds is 2. The largest absolute Gasteiger partial charge is 0.299 e. The predicted octanol–water partition coefficient (Wildman–Crippen LogP) is 1.63. The van der Waals surface area contributed by atoms with Gasteiger partial charge in [0, 0.05) is 18.9 Å². The summed E-state index contributed by atoms with van der Waals surface area (Å²) in [5.41, 5.74) is 2.02. The summed E-state index contributed by atoms with van der Waals surface area (Å²) in [5.74, 6) is -1.70. The lowest BCUT2D eigenvalue weighted by atomic mass is 9.56. The molecule has 1 aromatic carbocycles. The molecule has 106 valence electrons. The van der Waals surface area contributed by atoms with Crippen LogP contribution in [0.4, 0.5) is 0 Å². The van der Waals surface area contributed by atoms with Crippen LogP contribution in [0, 0.1) is 11.8 Å². The highest BCUT2D eigenvalue weighted by Crippen LogP contribution is 2.57. The van der Waals surface area contributed by atoms with Gasteiger partial charge in [-0.15, -0.1) is 6.58 Å². The van der Waals surface area contributed by atoms with E-state index in [0.717, 1.165) is 11.1 Å². The van der Waals surface area contributed by atoms with Crippen molar-refractivity contribution < 1.29 is 14.4 Å². The molecule has 0 radical (unpaired) electrons. The van der Waals surface area contributed by atoms with E-state index in [0.29, 0.717) is 6.42 Å². The second kappa shape index (κ2) is 4.13. The Kier molecular flexibility index (Phi) is 2.46. The minimum Gasteiger partial charge on any atom is -0.299 e. The average molecular weight is 281 g/mol. The Morgan fingerprint density at radius 3 is 2.48 bits per heavy atom. The first-order valence-corrected chi connectivity index (χ1v) is 7.22. The molecule has 0 spiro atoms. The first kappa shape index (κ1) is 12.5. The molecule has 4 nitrogen and oxygen atoms in total. The highest BCUT2D eigenvalue weighted by molar-refractivity contribution is 6.11. The number of carbonyl (C=O) groups is 3. The Hall–Kier alpha value is -2.23. The maximum absolute atomic E-state index is 12.6. The molecule has 2 bridgehead atoms. The summed E-state index contributed by atoms with van der Waals surface area (Å²) in [6, 6.07) is 7.74. The Bertz CT molecular complexity index is 693.